The summed E-state index contributed by atoms with van der Waals surface area (Å²) in [5, 5.41) is 3.61. The molecule has 4 nitrogen and oxygen atoms in total. The Morgan fingerprint density at radius 3 is 2.67 bits per heavy atom. The molecule has 1 aliphatic carbocycles. The first-order chi connectivity index (χ1) is 7.08. The van der Waals surface area contributed by atoms with E-state index < -0.39 is 5.91 Å². The van der Waals surface area contributed by atoms with Crippen molar-refractivity contribution < 1.29 is 4.79 Å². The van der Waals surface area contributed by atoms with Gasteiger partial charge >= 0.3 is 0 Å². The largest absolute Gasteiger partial charge is 0.399 e. The van der Waals surface area contributed by atoms with E-state index in [2.05, 4.69) is 5.32 Å². The molecule has 2 rings (SSSR count). The van der Waals surface area contributed by atoms with E-state index in [4.69, 9.17) is 23.1 Å². The van der Waals surface area contributed by atoms with Gasteiger partial charge in [-0.15, -0.1) is 0 Å². The molecule has 5 heteroatoms. The summed E-state index contributed by atoms with van der Waals surface area (Å²) in [5.41, 5.74) is 12.2. The van der Waals surface area contributed by atoms with Crippen LogP contribution in [0.4, 0.5) is 11.4 Å². The Bertz CT molecular complexity index is 415. The molecule has 0 aliphatic heterocycles. The highest BCUT2D eigenvalue weighted by molar-refractivity contribution is 6.34. The molecule has 1 aliphatic rings. The number of carbonyl (C=O) groups is 1. The fourth-order valence-corrected chi connectivity index (χ4v) is 1.68. The van der Waals surface area contributed by atoms with Crippen LogP contribution in [-0.2, 0) is 0 Å². The summed E-state index contributed by atoms with van der Waals surface area (Å²) in [6.45, 7) is 0. The molecular formula is C10H12ClN3O. The minimum absolute atomic E-state index is 0.354. The number of carbonyl (C=O) groups excluding carboxylic acids is 1. The van der Waals surface area contributed by atoms with Crippen LogP contribution >= 0.6 is 11.6 Å². The number of primary amides is 1. The van der Waals surface area contributed by atoms with Crippen LogP contribution in [0, 0.1) is 0 Å². The molecule has 1 aromatic rings. The standard InChI is InChI=1S/C10H12ClN3O/c11-8-4-5(12)3-7(10(13)15)9(8)14-6-1-2-6/h3-4,6,14H,1-2,12H2,(H2,13,15). The van der Waals surface area contributed by atoms with Crippen molar-refractivity contribution in [1.82, 2.24) is 0 Å². The van der Waals surface area contributed by atoms with E-state index >= 15 is 0 Å². The summed E-state index contributed by atoms with van der Waals surface area (Å²) in [4.78, 5) is 11.2. The Kier molecular flexibility index (Phi) is 2.44. The fraction of sp³-hybridized carbons (Fsp3) is 0.300. The minimum atomic E-state index is -0.521. The first kappa shape index (κ1) is 10.1. The maximum Gasteiger partial charge on any atom is 0.250 e. The first-order valence-electron chi connectivity index (χ1n) is 4.73. The van der Waals surface area contributed by atoms with Crippen molar-refractivity contribution in [1.29, 1.82) is 0 Å². The Morgan fingerprint density at radius 2 is 2.13 bits per heavy atom. The van der Waals surface area contributed by atoms with Gasteiger partial charge in [-0.05, 0) is 25.0 Å². The molecule has 0 unspecified atom stereocenters. The van der Waals surface area contributed by atoms with E-state index in [9.17, 15) is 4.79 Å². The lowest BCUT2D eigenvalue weighted by molar-refractivity contribution is 0.100. The van der Waals surface area contributed by atoms with Gasteiger partial charge in [0.1, 0.15) is 0 Å². The average Bonchev–Trinajstić information content (AvgIpc) is 2.92. The second kappa shape index (κ2) is 3.62. The van der Waals surface area contributed by atoms with Crippen molar-refractivity contribution in [3.63, 3.8) is 0 Å². The Hall–Kier alpha value is -1.42. The maximum atomic E-state index is 11.2. The molecule has 0 spiro atoms. The van der Waals surface area contributed by atoms with Crippen LogP contribution in [0.2, 0.25) is 5.02 Å². The molecular weight excluding hydrogens is 214 g/mol. The van der Waals surface area contributed by atoms with Gasteiger partial charge in [-0.1, -0.05) is 11.6 Å². The Morgan fingerprint density at radius 1 is 1.47 bits per heavy atom. The van der Waals surface area contributed by atoms with Gasteiger partial charge in [0.25, 0.3) is 5.91 Å². The molecule has 15 heavy (non-hydrogen) atoms. The number of nitrogens with one attached hydrogen (secondary N) is 1. The van der Waals surface area contributed by atoms with Gasteiger partial charge in [-0.2, -0.15) is 0 Å². The van der Waals surface area contributed by atoms with Crippen LogP contribution in [0.25, 0.3) is 0 Å². The highest BCUT2D eigenvalue weighted by atomic mass is 35.5. The summed E-state index contributed by atoms with van der Waals surface area (Å²) in [5.74, 6) is -0.521. The summed E-state index contributed by atoms with van der Waals surface area (Å²) in [6, 6.07) is 3.56. The molecule has 0 aromatic heterocycles. The maximum absolute atomic E-state index is 11.2. The zero-order valence-electron chi connectivity index (χ0n) is 8.09. The molecule has 0 radical (unpaired) electrons. The molecule has 1 saturated carbocycles. The van der Waals surface area contributed by atoms with Crippen LogP contribution in [0.5, 0.6) is 0 Å². The monoisotopic (exact) mass is 225 g/mol. The third-order valence-electron chi connectivity index (χ3n) is 2.30. The SMILES string of the molecule is NC(=O)c1cc(N)cc(Cl)c1NC1CC1. The number of rotatable bonds is 3. The van der Waals surface area contributed by atoms with Crippen LogP contribution in [0.15, 0.2) is 12.1 Å². The Labute approximate surface area is 92.6 Å². The van der Waals surface area contributed by atoms with Gasteiger partial charge in [-0.25, -0.2) is 0 Å². The van der Waals surface area contributed by atoms with Crippen molar-refractivity contribution >= 4 is 28.9 Å². The molecule has 0 saturated heterocycles. The lowest BCUT2D eigenvalue weighted by atomic mass is 10.1. The van der Waals surface area contributed by atoms with Crippen molar-refractivity contribution in [2.75, 3.05) is 11.1 Å². The topological polar surface area (TPSA) is 81.1 Å². The quantitative estimate of drug-likeness (QED) is 0.684. The van der Waals surface area contributed by atoms with Gasteiger partial charge in [0.05, 0.1) is 16.3 Å². The van der Waals surface area contributed by atoms with E-state index in [0.717, 1.165) is 12.8 Å². The number of hydrogen-bond acceptors (Lipinski definition) is 3. The van der Waals surface area contributed by atoms with Gasteiger partial charge in [0.15, 0.2) is 0 Å². The van der Waals surface area contributed by atoms with Crippen molar-refractivity contribution in [2.24, 2.45) is 5.73 Å². The van der Waals surface area contributed by atoms with Gasteiger partial charge in [0.2, 0.25) is 0 Å². The number of anilines is 2. The molecule has 1 amide bonds. The van der Waals surface area contributed by atoms with E-state index in [-0.39, 0.29) is 0 Å². The van der Waals surface area contributed by atoms with Crippen molar-refractivity contribution in [3.05, 3.63) is 22.7 Å². The van der Waals surface area contributed by atoms with Crippen molar-refractivity contribution in [2.45, 2.75) is 18.9 Å². The molecule has 5 N–H and O–H groups in total. The number of hydrogen-bond donors (Lipinski definition) is 3. The molecule has 0 bridgehead atoms. The van der Waals surface area contributed by atoms with E-state index in [0.29, 0.717) is 28.0 Å². The third-order valence-corrected chi connectivity index (χ3v) is 2.60. The zero-order chi connectivity index (χ0) is 11.0. The normalized spacial score (nSPS) is 15.0. The molecule has 1 fully saturated rings. The number of halogens is 1. The number of nitrogen functional groups attached to an aromatic ring is 1. The molecule has 0 atom stereocenters. The lowest BCUT2D eigenvalue weighted by Crippen LogP contribution is -2.16. The second-order valence-corrected chi connectivity index (χ2v) is 4.12. The number of nitrogens with two attached hydrogens (primary N) is 2. The summed E-state index contributed by atoms with van der Waals surface area (Å²) in [6.07, 6.45) is 2.19. The number of benzene rings is 1. The van der Waals surface area contributed by atoms with Crippen LogP contribution < -0.4 is 16.8 Å². The summed E-state index contributed by atoms with van der Waals surface area (Å²) >= 11 is 6.00. The smallest absolute Gasteiger partial charge is 0.250 e. The van der Waals surface area contributed by atoms with Crippen LogP contribution in [0.3, 0.4) is 0 Å². The van der Waals surface area contributed by atoms with Gasteiger partial charge < -0.3 is 16.8 Å². The predicted octanol–water partition coefficient (Wildman–Crippen LogP) is 1.60. The molecule has 1 aromatic carbocycles. The third kappa shape index (κ3) is 2.15. The van der Waals surface area contributed by atoms with Crippen LogP contribution in [0.1, 0.15) is 23.2 Å². The lowest BCUT2D eigenvalue weighted by Gasteiger charge is -2.12. The summed E-state index contributed by atoms with van der Waals surface area (Å²) < 4.78 is 0. The Balaban J connectivity index is 2.42. The highest BCUT2D eigenvalue weighted by Gasteiger charge is 2.24. The van der Waals surface area contributed by atoms with Gasteiger partial charge in [0, 0.05) is 11.7 Å². The minimum Gasteiger partial charge on any atom is -0.399 e. The van der Waals surface area contributed by atoms with Gasteiger partial charge in [-0.3, -0.25) is 4.79 Å². The van der Waals surface area contributed by atoms with E-state index in [1.165, 1.54) is 0 Å². The van der Waals surface area contributed by atoms with Crippen molar-refractivity contribution in [3.8, 4) is 0 Å². The molecule has 80 valence electrons. The first-order valence-corrected chi connectivity index (χ1v) is 5.11. The second-order valence-electron chi connectivity index (χ2n) is 3.71. The van der Waals surface area contributed by atoms with Crippen LogP contribution in [-0.4, -0.2) is 11.9 Å². The highest BCUT2D eigenvalue weighted by Crippen LogP contribution is 2.33. The van der Waals surface area contributed by atoms with E-state index in [1.54, 1.807) is 12.1 Å². The molecule has 0 heterocycles. The van der Waals surface area contributed by atoms with E-state index in [1.807, 2.05) is 0 Å². The average molecular weight is 226 g/mol. The zero-order valence-corrected chi connectivity index (χ0v) is 8.84. The summed E-state index contributed by atoms with van der Waals surface area (Å²) in [7, 11) is 0. The predicted molar refractivity (Wildman–Crippen MR) is 61.0 cm³/mol. The fourth-order valence-electron chi connectivity index (χ4n) is 1.40. The number of amides is 1.